The third-order valence-electron chi connectivity index (χ3n) is 2.11. The van der Waals surface area contributed by atoms with Crippen molar-refractivity contribution in [2.24, 2.45) is 0 Å². The fourth-order valence-electron chi connectivity index (χ4n) is 1.28. The Morgan fingerprint density at radius 1 is 1.41 bits per heavy atom. The molecule has 0 saturated heterocycles. The molecule has 0 amide bonds. The molecule has 2 rings (SSSR count). The first-order chi connectivity index (χ1) is 8.38. The number of nitrogens with one attached hydrogen (secondary N) is 1. The molecule has 0 radical (unpaired) electrons. The van der Waals surface area contributed by atoms with Crippen LogP contribution in [-0.4, -0.2) is 16.5 Å². The van der Waals surface area contributed by atoms with Crippen LogP contribution in [0.4, 0.5) is 5.95 Å². The van der Waals surface area contributed by atoms with Gasteiger partial charge in [0, 0.05) is 12.7 Å². The summed E-state index contributed by atoms with van der Waals surface area (Å²) < 4.78 is 5.27. The first-order valence-electron chi connectivity index (χ1n) is 5.60. The summed E-state index contributed by atoms with van der Waals surface area (Å²) in [7, 11) is 0. The van der Waals surface area contributed by atoms with Gasteiger partial charge >= 0.3 is 0 Å². The molecule has 4 nitrogen and oxygen atoms in total. The molecule has 0 atom stereocenters. The molecule has 90 valence electrons. The molecule has 17 heavy (non-hydrogen) atoms. The van der Waals surface area contributed by atoms with E-state index in [1.165, 1.54) is 0 Å². The third kappa shape index (κ3) is 3.78. The van der Waals surface area contributed by atoms with Crippen LogP contribution in [0.25, 0.3) is 0 Å². The van der Waals surface area contributed by atoms with Gasteiger partial charge < -0.3 is 9.73 Å². The van der Waals surface area contributed by atoms with Crippen LogP contribution in [0.3, 0.4) is 0 Å². The Balaban J connectivity index is 1.91. The Bertz CT molecular complexity index is 445. The molecule has 0 bridgehead atoms. The molecule has 0 spiro atoms. The highest BCUT2D eigenvalue weighted by atomic mass is 32.2. The van der Waals surface area contributed by atoms with Crippen molar-refractivity contribution in [3.05, 3.63) is 36.4 Å². The van der Waals surface area contributed by atoms with Crippen molar-refractivity contribution < 1.29 is 4.42 Å². The van der Waals surface area contributed by atoms with E-state index in [9.17, 15) is 0 Å². The lowest BCUT2D eigenvalue weighted by Crippen LogP contribution is -2.04. The maximum atomic E-state index is 5.27. The molecule has 2 heterocycles. The van der Waals surface area contributed by atoms with Crippen molar-refractivity contribution in [3.8, 4) is 0 Å². The van der Waals surface area contributed by atoms with E-state index in [1.54, 1.807) is 24.2 Å². The van der Waals surface area contributed by atoms with Crippen LogP contribution in [0.1, 0.15) is 19.1 Å². The number of rotatable bonds is 6. The van der Waals surface area contributed by atoms with E-state index in [1.807, 2.05) is 18.2 Å². The summed E-state index contributed by atoms with van der Waals surface area (Å²) in [5.74, 6) is 2.44. The standard InChI is InChI=1S/C12H15N3OS/c1-2-6-13-12-14-7-5-11(15-12)17-9-10-4-3-8-16-10/h3-5,7-8H,2,6,9H2,1H3,(H,13,14,15). The van der Waals surface area contributed by atoms with E-state index in [2.05, 4.69) is 22.2 Å². The summed E-state index contributed by atoms with van der Waals surface area (Å²) >= 11 is 1.64. The van der Waals surface area contributed by atoms with Gasteiger partial charge in [-0.1, -0.05) is 18.7 Å². The van der Waals surface area contributed by atoms with Gasteiger partial charge in [0.15, 0.2) is 0 Å². The number of aromatic nitrogens is 2. The van der Waals surface area contributed by atoms with E-state index in [0.717, 1.165) is 29.5 Å². The Hall–Kier alpha value is -1.49. The maximum Gasteiger partial charge on any atom is 0.223 e. The van der Waals surface area contributed by atoms with E-state index < -0.39 is 0 Å². The highest BCUT2D eigenvalue weighted by Crippen LogP contribution is 2.21. The quantitative estimate of drug-likeness (QED) is 0.629. The molecule has 5 heteroatoms. The number of anilines is 1. The van der Waals surface area contributed by atoms with Crippen LogP contribution in [0.2, 0.25) is 0 Å². The first-order valence-corrected chi connectivity index (χ1v) is 6.59. The van der Waals surface area contributed by atoms with Crippen LogP contribution in [0.15, 0.2) is 40.1 Å². The molecule has 0 aliphatic rings. The second kappa shape index (κ2) is 6.30. The number of furan rings is 1. The van der Waals surface area contributed by atoms with E-state index in [-0.39, 0.29) is 0 Å². The molecule has 0 unspecified atom stereocenters. The zero-order chi connectivity index (χ0) is 11.9. The van der Waals surface area contributed by atoms with Gasteiger partial charge in [0.05, 0.1) is 12.0 Å². The van der Waals surface area contributed by atoms with Crippen LogP contribution in [-0.2, 0) is 5.75 Å². The van der Waals surface area contributed by atoms with Crippen LogP contribution in [0, 0.1) is 0 Å². The summed E-state index contributed by atoms with van der Waals surface area (Å²) in [5, 5.41) is 4.12. The van der Waals surface area contributed by atoms with Gasteiger partial charge in [-0.05, 0) is 24.6 Å². The number of hydrogen-bond acceptors (Lipinski definition) is 5. The summed E-state index contributed by atoms with van der Waals surface area (Å²) in [6, 6.07) is 5.76. The Morgan fingerprint density at radius 3 is 3.12 bits per heavy atom. The second-order valence-electron chi connectivity index (χ2n) is 3.51. The van der Waals surface area contributed by atoms with Gasteiger partial charge in [0.1, 0.15) is 10.8 Å². The van der Waals surface area contributed by atoms with Gasteiger partial charge in [0.25, 0.3) is 0 Å². The van der Waals surface area contributed by atoms with Crippen molar-refractivity contribution in [3.63, 3.8) is 0 Å². The lowest BCUT2D eigenvalue weighted by molar-refractivity contribution is 0.530. The normalized spacial score (nSPS) is 10.4. The Labute approximate surface area is 105 Å². The molecule has 2 aromatic rings. The van der Waals surface area contributed by atoms with Gasteiger partial charge in [-0.3, -0.25) is 0 Å². The smallest absolute Gasteiger partial charge is 0.223 e. The highest BCUT2D eigenvalue weighted by molar-refractivity contribution is 7.98. The highest BCUT2D eigenvalue weighted by Gasteiger charge is 2.01. The van der Waals surface area contributed by atoms with Gasteiger partial charge in [0.2, 0.25) is 5.95 Å². The molecular formula is C12H15N3OS. The van der Waals surface area contributed by atoms with E-state index in [4.69, 9.17) is 4.42 Å². The SMILES string of the molecule is CCCNc1nccc(SCc2ccco2)n1. The summed E-state index contributed by atoms with van der Waals surface area (Å²) in [6.07, 6.45) is 4.52. The minimum atomic E-state index is 0.691. The molecule has 0 aliphatic carbocycles. The van der Waals surface area contributed by atoms with Gasteiger partial charge in [-0.2, -0.15) is 0 Å². The van der Waals surface area contributed by atoms with Crippen LogP contribution >= 0.6 is 11.8 Å². The van der Waals surface area contributed by atoms with Crippen molar-refractivity contribution in [2.45, 2.75) is 24.1 Å². The van der Waals surface area contributed by atoms with E-state index >= 15 is 0 Å². The molecule has 0 aromatic carbocycles. The topological polar surface area (TPSA) is 51.0 Å². The monoisotopic (exact) mass is 249 g/mol. The summed E-state index contributed by atoms with van der Waals surface area (Å²) in [5.41, 5.74) is 0. The fourth-order valence-corrected chi connectivity index (χ4v) is 2.05. The number of thioether (sulfide) groups is 1. The molecule has 0 aliphatic heterocycles. The van der Waals surface area contributed by atoms with Crippen molar-refractivity contribution in [2.75, 3.05) is 11.9 Å². The summed E-state index contributed by atoms with van der Waals surface area (Å²) in [4.78, 5) is 8.57. The minimum Gasteiger partial charge on any atom is -0.468 e. The lowest BCUT2D eigenvalue weighted by Gasteiger charge is -2.04. The Kier molecular flexibility index (Phi) is 4.44. The zero-order valence-electron chi connectivity index (χ0n) is 9.72. The first kappa shape index (κ1) is 12.0. The lowest BCUT2D eigenvalue weighted by atomic mass is 10.5. The second-order valence-corrected chi connectivity index (χ2v) is 4.51. The van der Waals surface area contributed by atoms with E-state index in [0.29, 0.717) is 5.95 Å². The molecule has 0 fully saturated rings. The number of nitrogens with zero attached hydrogens (tertiary/aromatic N) is 2. The van der Waals surface area contributed by atoms with Crippen molar-refractivity contribution >= 4 is 17.7 Å². The van der Waals surface area contributed by atoms with Crippen molar-refractivity contribution in [1.29, 1.82) is 0 Å². The van der Waals surface area contributed by atoms with Crippen molar-refractivity contribution in [1.82, 2.24) is 9.97 Å². The summed E-state index contributed by atoms with van der Waals surface area (Å²) in [6.45, 7) is 3.01. The largest absolute Gasteiger partial charge is 0.468 e. The zero-order valence-corrected chi connectivity index (χ0v) is 10.5. The molecule has 1 N–H and O–H groups in total. The molecule has 2 aromatic heterocycles. The minimum absolute atomic E-state index is 0.691. The average molecular weight is 249 g/mol. The fraction of sp³-hybridized carbons (Fsp3) is 0.333. The third-order valence-corrected chi connectivity index (χ3v) is 3.06. The average Bonchev–Trinajstić information content (AvgIpc) is 2.87. The van der Waals surface area contributed by atoms with Gasteiger partial charge in [-0.15, -0.1) is 0 Å². The molecular weight excluding hydrogens is 234 g/mol. The predicted molar refractivity (Wildman–Crippen MR) is 69.1 cm³/mol. The van der Waals surface area contributed by atoms with Gasteiger partial charge in [-0.25, -0.2) is 9.97 Å². The maximum absolute atomic E-state index is 5.27. The molecule has 0 saturated carbocycles. The van der Waals surface area contributed by atoms with Crippen LogP contribution in [0.5, 0.6) is 0 Å². The predicted octanol–water partition coefficient (Wildman–Crippen LogP) is 3.18. The Morgan fingerprint density at radius 2 is 2.35 bits per heavy atom. The van der Waals surface area contributed by atoms with Crippen LogP contribution < -0.4 is 5.32 Å². The number of hydrogen-bond donors (Lipinski definition) is 1.